The van der Waals surface area contributed by atoms with Crippen LogP contribution in [0.2, 0.25) is 0 Å². The SMILES string of the molecule is CC(/C=C/c1ccccc1)CCN1CCCC1. The Kier molecular flexibility index (Phi) is 4.81. The molecule has 1 aliphatic heterocycles. The minimum Gasteiger partial charge on any atom is -0.303 e. The van der Waals surface area contributed by atoms with E-state index in [-0.39, 0.29) is 0 Å². The lowest BCUT2D eigenvalue weighted by atomic mass is 10.1. The highest BCUT2D eigenvalue weighted by Crippen LogP contribution is 2.13. The quantitative estimate of drug-likeness (QED) is 0.742. The lowest BCUT2D eigenvalue weighted by Gasteiger charge is -2.16. The molecule has 0 bridgehead atoms. The molecule has 92 valence electrons. The maximum atomic E-state index is 2.59. The third-order valence-corrected chi connectivity index (χ3v) is 3.52. The van der Waals surface area contributed by atoms with Crippen LogP contribution in [0.4, 0.5) is 0 Å². The molecule has 1 aliphatic rings. The van der Waals surface area contributed by atoms with Crippen molar-refractivity contribution in [1.82, 2.24) is 4.90 Å². The number of allylic oxidation sites excluding steroid dienone is 1. The van der Waals surface area contributed by atoms with Gasteiger partial charge in [0, 0.05) is 0 Å². The highest BCUT2D eigenvalue weighted by atomic mass is 15.1. The van der Waals surface area contributed by atoms with Gasteiger partial charge in [-0.1, -0.05) is 49.4 Å². The van der Waals surface area contributed by atoms with Gasteiger partial charge in [0.15, 0.2) is 0 Å². The summed E-state index contributed by atoms with van der Waals surface area (Å²) in [6.07, 6.45) is 8.66. The van der Waals surface area contributed by atoms with E-state index < -0.39 is 0 Å². The second-order valence-corrected chi connectivity index (χ2v) is 5.08. The van der Waals surface area contributed by atoms with Crippen LogP contribution in [0.3, 0.4) is 0 Å². The molecule has 0 saturated carbocycles. The van der Waals surface area contributed by atoms with Crippen molar-refractivity contribution in [1.29, 1.82) is 0 Å². The first-order valence-electron chi connectivity index (χ1n) is 6.80. The van der Waals surface area contributed by atoms with E-state index in [4.69, 9.17) is 0 Å². The maximum absolute atomic E-state index is 2.59. The molecule has 1 aromatic carbocycles. The number of hydrogen-bond donors (Lipinski definition) is 0. The molecule has 1 atom stereocenters. The van der Waals surface area contributed by atoms with Gasteiger partial charge in [-0.05, 0) is 50.4 Å². The maximum Gasteiger partial charge on any atom is -0.00132 e. The minimum absolute atomic E-state index is 0.677. The standard InChI is InChI=1S/C16H23N/c1-15(11-14-17-12-5-6-13-17)9-10-16-7-3-2-4-8-16/h2-4,7-10,15H,5-6,11-14H2,1H3/b10-9+. The molecule has 0 spiro atoms. The molecule has 1 aromatic rings. The van der Waals surface area contributed by atoms with Crippen LogP contribution >= 0.6 is 0 Å². The van der Waals surface area contributed by atoms with E-state index in [1.54, 1.807) is 0 Å². The Balaban J connectivity index is 1.73. The van der Waals surface area contributed by atoms with Gasteiger partial charge in [-0.3, -0.25) is 0 Å². The van der Waals surface area contributed by atoms with E-state index in [0.29, 0.717) is 5.92 Å². The topological polar surface area (TPSA) is 3.24 Å². The summed E-state index contributed by atoms with van der Waals surface area (Å²) < 4.78 is 0. The first kappa shape index (κ1) is 12.4. The first-order chi connectivity index (χ1) is 8.34. The van der Waals surface area contributed by atoms with Gasteiger partial charge in [0.25, 0.3) is 0 Å². The van der Waals surface area contributed by atoms with E-state index in [9.17, 15) is 0 Å². The lowest BCUT2D eigenvalue weighted by Crippen LogP contribution is -2.21. The van der Waals surface area contributed by atoms with Crippen molar-refractivity contribution in [2.45, 2.75) is 26.2 Å². The monoisotopic (exact) mass is 229 g/mol. The molecule has 17 heavy (non-hydrogen) atoms. The zero-order valence-corrected chi connectivity index (χ0v) is 10.8. The smallest absolute Gasteiger partial charge is 0.00132 e. The van der Waals surface area contributed by atoms with E-state index in [2.05, 4.69) is 54.3 Å². The van der Waals surface area contributed by atoms with Gasteiger partial charge in [-0.25, -0.2) is 0 Å². The highest BCUT2D eigenvalue weighted by Gasteiger charge is 2.11. The van der Waals surface area contributed by atoms with Crippen LogP contribution in [-0.2, 0) is 0 Å². The largest absolute Gasteiger partial charge is 0.303 e. The van der Waals surface area contributed by atoms with Crippen LogP contribution in [0.15, 0.2) is 36.4 Å². The van der Waals surface area contributed by atoms with Gasteiger partial charge in [-0.15, -0.1) is 0 Å². The summed E-state index contributed by atoms with van der Waals surface area (Å²) in [6.45, 7) is 6.21. The van der Waals surface area contributed by atoms with Crippen molar-refractivity contribution in [2.24, 2.45) is 5.92 Å². The van der Waals surface area contributed by atoms with E-state index in [1.165, 1.54) is 44.5 Å². The zero-order chi connectivity index (χ0) is 11.9. The van der Waals surface area contributed by atoms with E-state index in [0.717, 1.165) is 0 Å². The molecule has 1 unspecified atom stereocenters. The van der Waals surface area contributed by atoms with Gasteiger partial charge >= 0.3 is 0 Å². The summed E-state index contributed by atoms with van der Waals surface area (Å²) in [4.78, 5) is 2.59. The zero-order valence-electron chi connectivity index (χ0n) is 10.8. The van der Waals surface area contributed by atoms with E-state index in [1.807, 2.05) is 0 Å². The van der Waals surface area contributed by atoms with Gasteiger partial charge < -0.3 is 4.90 Å². The molecule has 0 aromatic heterocycles. The Morgan fingerprint density at radius 2 is 1.88 bits per heavy atom. The average molecular weight is 229 g/mol. The summed E-state index contributed by atoms with van der Waals surface area (Å²) in [6, 6.07) is 10.6. The van der Waals surface area contributed by atoms with Crippen molar-refractivity contribution in [3.63, 3.8) is 0 Å². The van der Waals surface area contributed by atoms with Crippen LogP contribution in [-0.4, -0.2) is 24.5 Å². The summed E-state index contributed by atoms with van der Waals surface area (Å²) in [5, 5.41) is 0. The highest BCUT2D eigenvalue weighted by molar-refractivity contribution is 5.48. The molecular weight excluding hydrogens is 206 g/mol. The van der Waals surface area contributed by atoms with Crippen molar-refractivity contribution < 1.29 is 0 Å². The van der Waals surface area contributed by atoms with Gasteiger partial charge in [0.2, 0.25) is 0 Å². The minimum atomic E-state index is 0.677. The number of likely N-dealkylation sites (tertiary alicyclic amines) is 1. The predicted molar refractivity (Wildman–Crippen MR) is 74.9 cm³/mol. The Morgan fingerprint density at radius 1 is 1.18 bits per heavy atom. The second-order valence-electron chi connectivity index (χ2n) is 5.08. The van der Waals surface area contributed by atoms with Crippen LogP contribution in [0.1, 0.15) is 31.7 Å². The molecule has 2 rings (SSSR count). The summed E-state index contributed by atoms with van der Waals surface area (Å²) >= 11 is 0. The van der Waals surface area contributed by atoms with Crippen molar-refractivity contribution in [2.75, 3.05) is 19.6 Å². The Labute approximate surface area is 105 Å². The Bertz CT molecular complexity index is 336. The molecule has 0 N–H and O–H groups in total. The van der Waals surface area contributed by atoms with Crippen LogP contribution in [0.5, 0.6) is 0 Å². The molecule has 0 amide bonds. The van der Waals surface area contributed by atoms with E-state index >= 15 is 0 Å². The number of benzene rings is 1. The van der Waals surface area contributed by atoms with Crippen LogP contribution in [0.25, 0.3) is 6.08 Å². The fourth-order valence-electron chi connectivity index (χ4n) is 2.33. The number of hydrogen-bond acceptors (Lipinski definition) is 1. The predicted octanol–water partition coefficient (Wildman–Crippen LogP) is 3.82. The normalized spacial score (nSPS) is 18.9. The van der Waals surface area contributed by atoms with Gasteiger partial charge in [0.05, 0.1) is 0 Å². The van der Waals surface area contributed by atoms with Crippen molar-refractivity contribution >= 4 is 6.08 Å². The molecular formula is C16H23N. The second kappa shape index (κ2) is 6.61. The fourth-order valence-corrected chi connectivity index (χ4v) is 2.33. The lowest BCUT2D eigenvalue weighted by molar-refractivity contribution is 0.320. The van der Waals surface area contributed by atoms with Crippen LogP contribution < -0.4 is 0 Å². The fraction of sp³-hybridized carbons (Fsp3) is 0.500. The molecule has 1 fully saturated rings. The average Bonchev–Trinajstić information content (AvgIpc) is 2.88. The molecule has 0 aliphatic carbocycles. The van der Waals surface area contributed by atoms with Crippen molar-refractivity contribution in [3.8, 4) is 0 Å². The Hall–Kier alpha value is -1.08. The molecule has 1 nitrogen and oxygen atoms in total. The third kappa shape index (κ3) is 4.35. The number of nitrogens with zero attached hydrogens (tertiary/aromatic N) is 1. The molecule has 1 saturated heterocycles. The van der Waals surface area contributed by atoms with Gasteiger partial charge in [-0.2, -0.15) is 0 Å². The number of rotatable bonds is 5. The molecule has 1 heteroatoms. The summed E-state index contributed by atoms with van der Waals surface area (Å²) in [5.41, 5.74) is 1.31. The van der Waals surface area contributed by atoms with Crippen LogP contribution in [0, 0.1) is 5.92 Å². The molecule has 1 heterocycles. The first-order valence-corrected chi connectivity index (χ1v) is 6.80. The van der Waals surface area contributed by atoms with Gasteiger partial charge in [0.1, 0.15) is 0 Å². The third-order valence-electron chi connectivity index (χ3n) is 3.52. The van der Waals surface area contributed by atoms with Crippen molar-refractivity contribution in [3.05, 3.63) is 42.0 Å². The summed E-state index contributed by atoms with van der Waals surface area (Å²) in [7, 11) is 0. The molecule has 0 radical (unpaired) electrons. The Morgan fingerprint density at radius 3 is 2.59 bits per heavy atom. The summed E-state index contributed by atoms with van der Waals surface area (Å²) in [5.74, 6) is 0.677.